The molecular formula is C15H20BrNO. The molecule has 0 aliphatic carbocycles. The molecule has 98 valence electrons. The molecule has 1 heterocycles. The first-order chi connectivity index (χ1) is 8.74. The van der Waals surface area contributed by atoms with E-state index in [9.17, 15) is 0 Å². The van der Waals surface area contributed by atoms with E-state index in [-0.39, 0.29) is 0 Å². The largest absolute Gasteiger partial charge is 0.493 e. The minimum Gasteiger partial charge on any atom is -0.493 e. The van der Waals surface area contributed by atoms with E-state index in [1.165, 1.54) is 11.1 Å². The van der Waals surface area contributed by atoms with Crippen LogP contribution in [0, 0.1) is 0 Å². The normalized spacial score (nSPS) is 15.0. The molecule has 2 rings (SSSR count). The van der Waals surface area contributed by atoms with Crippen LogP contribution in [0.15, 0.2) is 29.3 Å². The second-order valence-corrected chi connectivity index (χ2v) is 5.55. The maximum atomic E-state index is 5.77. The summed E-state index contributed by atoms with van der Waals surface area (Å²) in [6.45, 7) is 7.76. The molecular weight excluding hydrogens is 290 g/mol. The molecule has 1 atom stereocenters. The number of rotatable bonds is 6. The molecule has 3 heteroatoms. The van der Waals surface area contributed by atoms with Gasteiger partial charge in [0.1, 0.15) is 5.75 Å². The van der Waals surface area contributed by atoms with Crippen LogP contribution in [0.4, 0.5) is 0 Å². The van der Waals surface area contributed by atoms with Crippen LogP contribution >= 0.6 is 15.9 Å². The van der Waals surface area contributed by atoms with Gasteiger partial charge in [-0.1, -0.05) is 28.9 Å². The molecule has 2 nitrogen and oxygen atoms in total. The van der Waals surface area contributed by atoms with Gasteiger partial charge in [-0.2, -0.15) is 0 Å². The first-order valence-corrected chi connectivity index (χ1v) is 7.32. The van der Waals surface area contributed by atoms with Crippen molar-refractivity contribution in [2.45, 2.75) is 32.2 Å². The lowest BCUT2D eigenvalue weighted by Gasteiger charge is -2.18. The van der Waals surface area contributed by atoms with E-state index in [2.05, 4.69) is 46.9 Å². The zero-order chi connectivity index (χ0) is 13.0. The average Bonchev–Trinajstić information content (AvgIpc) is 2.77. The topological polar surface area (TPSA) is 21.3 Å². The number of halogens is 1. The predicted molar refractivity (Wildman–Crippen MR) is 79.3 cm³/mol. The molecule has 1 aliphatic rings. The highest BCUT2D eigenvalue weighted by molar-refractivity contribution is 9.10. The van der Waals surface area contributed by atoms with Gasteiger partial charge >= 0.3 is 0 Å². The number of ether oxygens (including phenoxy) is 1. The Balaban J connectivity index is 2.19. The summed E-state index contributed by atoms with van der Waals surface area (Å²) in [5, 5.41) is 3.50. The van der Waals surface area contributed by atoms with E-state index in [1.54, 1.807) is 0 Å². The van der Waals surface area contributed by atoms with E-state index < -0.39 is 0 Å². The lowest BCUT2D eigenvalue weighted by molar-refractivity contribution is 0.351. The zero-order valence-electron chi connectivity index (χ0n) is 10.8. The van der Waals surface area contributed by atoms with E-state index >= 15 is 0 Å². The summed E-state index contributed by atoms with van der Waals surface area (Å²) in [7, 11) is 0. The molecule has 1 unspecified atom stereocenters. The number of hydrogen-bond acceptors (Lipinski definition) is 2. The molecule has 0 saturated heterocycles. The molecule has 1 N–H and O–H groups in total. The fourth-order valence-corrected chi connectivity index (χ4v) is 3.04. The maximum absolute atomic E-state index is 5.77. The van der Waals surface area contributed by atoms with E-state index in [0.717, 1.165) is 42.6 Å². The van der Waals surface area contributed by atoms with Crippen molar-refractivity contribution in [2.24, 2.45) is 0 Å². The van der Waals surface area contributed by atoms with Crippen LogP contribution in [0.2, 0.25) is 0 Å². The predicted octanol–water partition coefficient (Wildman–Crippen LogP) is 3.48. The smallest absolute Gasteiger partial charge is 0.125 e. The number of nitrogens with one attached hydrogen (secondary N) is 1. The molecule has 0 spiro atoms. The molecule has 1 aromatic carbocycles. The van der Waals surface area contributed by atoms with Gasteiger partial charge in [0.2, 0.25) is 0 Å². The van der Waals surface area contributed by atoms with E-state index in [0.29, 0.717) is 6.04 Å². The molecule has 1 aliphatic heterocycles. The van der Waals surface area contributed by atoms with Crippen molar-refractivity contribution in [3.63, 3.8) is 0 Å². The molecule has 0 aromatic heterocycles. The second kappa shape index (κ2) is 6.39. The zero-order valence-corrected chi connectivity index (χ0v) is 12.4. The van der Waals surface area contributed by atoms with Gasteiger partial charge in [-0.25, -0.2) is 0 Å². The van der Waals surface area contributed by atoms with Gasteiger partial charge < -0.3 is 10.1 Å². The molecule has 0 saturated carbocycles. The summed E-state index contributed by atoms with van der Waals surface area (Å²) in [4.78, 5) is 0. The fraction of sp³-hybridized carbons (Fsp3) is 0.467. The maximum Gasteiger partial charge on any atom is 0.125 e. The van der Waals surface area contributed by atoms with Crippen LogP contribution in [-0.2, 0) is 12.8 Å². The van der Waals surface area contributed by atoms with Crippen LogP contribution in [0.1, 0.15) is 24.5 Å². The molecule has 18 heavy (non-hydrogen) atoms. The number of hydrogen-bond donors (Lipinski definition) is 1. The third-order valence-corrected chi connectivity index (χ3v) is 3.69. The first-order valence-electron chi connectivity index (χ1n) is 6.53. The van der Waals surface area contributed by atoms with Gasteiger partial charge in [0.25, 0.3) is 0 Å². The summed E-state index contributed by atoms with van der Waals surface area (Å²) in [6.07, 6.45) is 4.97. The Hall–Kier alpha value is -0.800. The molecule has 0 amide bonds. The van der Waals surface area contributed by atoms with Crippen molar-refractivity contribution >= 4 is 15.9 Å². The molecule has 1 aromatic rings. The molecule has 0 fully saturated rings. The standard InChI is InChI=1S/C15H20BrNO/c1-3-5-14(17-4-2)10-12-9-13(16)8-11-6-7-18-15(11)12/h3,8-9,14,17H,1,4-7,10H2,2H3. The Morgan fingerprint density at radius 3 is 3.11 bits per heavy atom. The molecule has 0 radical (unpaired) electrons. The minimum absolute atomic E-state index is 0.440. The van der Waals surface area contributed by atoms with Crippen molar-refractivity contribution < 1.29 is 4.74 Å². The Kier molecular flexibility index (Phi) is 4.84. The van der Waals surface area contributed by atoms with Crippen LogP contribution < -0.4 is 10.1 Å². The van der Waals surface area contributed by atoms with Gasteiger partial charge in [-0.05, 0) is 42.6 Å². The SMILES string of the molecule is C=CCC(Cc1cc(Br)cc2c1OCC2)NCC. The van der Waals surface area contributed by atoms with Crippen molar-refractivity contribution in [3.05, 3.63) is 40.4 Å². The highest BCUT2D eigenvalue weighted by Crippen LogP contribution is 2.33. The summed E-state index contributed by atoms with van der Waals surface area (Å²) >= 11 is 3.59. The summed E-state index contributed by atoms with van der Waals surface area (Å²) in [6, 6.07) is 4.79. The monoisotopic (exact) mass is 309 g/mol. The Labute approximate surface area is 118 Å². The quantitative estimate of drug-likeness (QED) is 0.812. The van der Waals surface area contributed by atoms with Crippen LogP contribution in [0.5, 0.6) is 5.75 Å². The van der Waals surface area contributed by atoms with Crippen molar-refractivity contribution in [1.82, 2.24) is 5.32 Å². The van der Waals surface area contributed by atoms with Crippen LogP contribution in [-0.4, -0.2) is 19.2 Å². The number of fused-ring (bicyclic) bond motifs is 1. The molecule has 0 bridgehead atoms. The Morgan fingerprint density at radius 2 is 2.39 bits per heavy atom. The van der Waals surface area contributed by atoms with E-state index in [4.69, 9.17) is 4.74 Å². The fourth-order valence-electron chi connectivity index (χ4n) is 2.49. The number of likely N-dealkylation sites (N-methyl/N-ethyl adjacent to an activating group) is 1. The van der Waals surface area contributed by atoms with Crippen LogP contribution in [0.3, 0.4) is 0 Å². The second-order valence-electron chi connectivity index (χ2n) is 4.63. The van der Waals surface area contributed by atoms with Gasteiger partial charge in [0.05, 0.1) is 6.61 Å². The van der Waals surface area contributed by atoms with Crippen molar-refractivity contribution in [3.8, 4) is 5.75 Å². The highest BCUT2D eigenvalue weighted by Gasteiger charge is 2.19. The lowest BCUT2D eigenvalue weighted by atomic mass is 10.00. The number of benzene rings is 1. The minimum atomic E-state index is 0.440. The third kappa shape index (κ3) is 3.15. The first kappa shape index (κ1) is 13.6. The summed E-state index contributed by atoms with van der Waals surface area (Å²) < 4.78 is 6.92. The summed E-state index contributed by atoms with van der Waals surface area (Å²) in [5.41, 5.74) is 2.62. The highest BCUT2D eigenvalue weighted by atomic mass is 79.9. The van der Waals surface area contributed by atoms with Gasteiger partial charge in [-0.3, -0.25) is 0 Å². The Bertz CT molecular complexity index is 431. The summed E-state index contributed by atoms with van der Waals surface area (Å²) in [5.74, 6) is 1.10. The van der Waals surface area contributed by atoms with Crippen LogP contribution in [0.25, 0.3) is 0 Å². The van der Waals surface area contributed by atoms with Crippen molar-refractivity contribution in [1.29, 1.82) is 0 Å². The van der Waals surface area contributed by atoms with E-state index in [1.807, 2.05) is 6.08 Å². The lowest BCUT2D eigenvalue weighted by Crippen LogP contribution is -2.30. The Morgan fingerprint density at radius 1 is 1.56 bits per heavy atom. The average molecular weight is 310 g/mol. The van der Waals surface area contributed by atoms with Crippen molar-refractivity contribution in [2.75, 3.05) is 13.2 Å². The van der Waals surface area contributed by atoms with Gasteiger partial charge in [0.15, 0.2) is 0 Å². The van der Waals surface area contributed by atoms with Gasteiger partial charge in [-0.15, -0.1) is 6.58 Å². The third-order valence-electron chi connectivity index (χ3n) is 3.24. The van der Waals surface area contributed by atoms with Gasteiger partial charge in [0, 0.05) is 16.9 Å².